The molecule has 0 aromatic carbocycles. The molecule has 110 valence electrons. The first-order valence-electron chi connectivity index (χ1n) is 6.99. The van der Waals surface area contributed by atoms with Gasteiger partial charge < -0.3 is 15.7 Å². The number of likely N-dealkylation sites (N-methyl/N-ethyl adjacent to an activating group) is 1. The third-order valence-corrected chi connectivity index (χ3v) is 3.42. The van der Waals surface area contributed by atoms with E-state index in [4.69, 9.17) is 5.73 Å². The Morgan fingerprint density at radius 3 is 2.00 bits per heavy atom. The molecule has 0 saturated carbocycles. The minimum atomic E-state index is -0.0174. The molecule has 0 radical (unpaired) electrons. The maximum Gasteiger partial charge on any atom is 0.0602 e. The Kier molecular flexibility index (Phi) is 8.03. The monoisotopic (exact) mass is 259 g/mol. The number of aliphatic hydroxyl groups is 1. The molecule has 0 heterocycles. The lowest BCUT2D eigenvalue weighted by Gasteiger charge is -2.40. The molecule has 3 N–H and O–H groups in total. The van der Waals surface area contributed by atoms with Crippen molar-refractivity contribution in [3.63, 3.8) is 0 Å². The third kappa shape index (κ3) is 6.14. The third-order valence-electron chi connectivity index (χ3n) is 3.42. The standard InChI is InChI=1S/C14H33N3O/c1-7-8-17(10-9-16(5)6)12(11-18)13(15)14(2,3)4/h12-13,18H,7-11,15H2,1-6H3. The van der Waals surface area contributed by atoms with Gasteiger partial charge in [-0.2, -0.15) is 0 Å². The van der Waals surface area contributed by atoms with E-state index in [1.165, 1.54) is 0 Å². The van der Waals surface area contributed by atoms with Crippen molar-refractivity contribution >= 4 is 0 Å². The van der Waals surface area contributed by atoms with Crippen molar-refractivity contribution in [2.24, 2.45) is 11.1 Å². The van der Waals surface area contributed by atoms with Crippen LogP contribution in [0.5, 0.6) is 0 Å². The summed E-state index contributed by atoms with van der Waals surface area (Å²) in [6.07, 6.45) is 1.08. The van der Waals surface area contributed by atoms with Crippen molar-refractivity contribution in [3.05, 3.63) is 0 Å². The summed E-state index contributed by atoms with van der Waals surface area (Å²) in [6.45, 7) is 11.6. The van der Waals surface area contributed by atoms with E-state index in [0.717, 1.165) is 26.1 Å². The molecule has 0 fully saturated rings. The highest BCUT2D eigenvalue weighted by Crippen LogP contribution is 2.22. The van der Waals surface area contributed by atoms with E-state index in [-0.39, 0.29) is 24.1 Å². The van der Waals surface area contributed by atoms with Crippen LogP contribution in [-0.2, 0) is 0 Å². The lowest BCUT2D eigenvalue weighted by Crippen LogP contribution is -2.56. The molecule has 0 saturated heterocycles. The first kappa shape index (κ1) is 17.8. The summed E-state index contributed by atoms with van der Waals surface area (Å²) in [7, 11) is 4.14. The van der Waals surface area contributed by atoms with Gasteiger partial charge in [-0.25, -0.2) is 0 Å². The second kappa shape index (κ2) is 8.10. The van der Waals surface area contributed by atoms with Gasteiger partial charge in [0.05, 0.1) is 6.61 Å². The van der Waals surface area contributed by atoms with Gasteiger partial charge in [0.25, 0.3) is 0 Å². The Balaban J connectivity index is 4.70. The van der Waals surface area contributed by atoms with Crippen LogP contribution in [0, 0.1) is 5.41 Å². The van der Waals surface area contributed by atoms with Crippen LogP contribution in [0.2, 0.25) is 0 Å². The zero-order valence-corrected chi connectivity index (χ0v) is 13.1. The molecule has 0 aromatic rings. The molecule has 0 aliphatic carbocycles. The van der Waals surface area contributed by atoms with E-state index in [1.54, 1.807) is 0 Å². The van der Waals surface area contributed by atoms with E-state index in [2.05, 4.69) is 51.6 Å². The summed E-state index contributed by atoms with van der Waals surface area (Å²) in [5.41, 5.74) is 6.34. The Labute approximate surface area is 113 Å². The number of nitrogens with two attached hydrogens (primary N) is 1. The van der Waals surface area contributed by atoms with Crippen molar-refractivity contribution in [2.75, 3.05) is 40.3 Å². The molecule has 18 heavy (non-hydrogen) atoms. The second-order valence-electron chi connectivity index (χ2n) is 6.48. The van der Waals surface area contributed by atoms with Crippen molar-refractivity contribution < 1.29 is 5.11 Å². The Morgan fingerprint density at radius 1 is 1.11 bits per heavy atom. The number of rotatable bonds is 8. The zero-order valence-electron chi connectivity index (χ0n) is 13.1. The quantitative estimate of drug-likeness (QED) is 0.683. The number of aliphatic hydroxyl groups excluding tert-OH is 1. The molecule has 0 spiro atoms. The summed E-state index contributed by atoms with van der Waals surface area (Å²) in [4.78, 5) is 4.50. The van der Waals surface area contributed by atoms with Gasteiger partial charge in [-0.15, -0.1) is 0 Å². The highest BCUT2D eigenvalue weighted by Gasteiger charge is 2.32. The molecule has 0 aromatic heterocycles. The van der Waals surface area contributed by atoms with Gasteiger partial charge in [-0.1, -0.05) is 27.7 Å². The van der Waals surface area contributed by atoms with Crippen LogP contribution in [0.4, 0.5) is 0 Å². The molecule has 0 aliphatic heterocycles. The summed E-state index contributed by atoms with van der Waals surface area (Å²) in [5, 5.41) is 9.69. The molecule has 2 atom stereocenters. The predicted octanol–water partition coefficient (Wildman–Crippen LogP) is 0.994. The number of hydrogen-bond acceptors (Lipinski definition) is 4. The topological polar surface area (TPSA) is 52.7 Å². The van der Waals surface area contributed by atoms with E-state index < -0.39 is 0 Å². The minimum Gasteiger partial charge on any atom is -0.395 e. The van der Waals surface area contributed by atoms with Gasteiger partial charge in [0, 0.05) is 25.2 Å². The molecule has 0 bridgehead atoms. The average Bonchev–Trinajstić information content (AvgIpc) is 2.25. The van der Waals surface area contributed by atoms with Crippen LogP contribution < -0.4 is 5.73 Å². The van der Waals surface area contributed by atoms with Crippen molar-refractivity contribution in [1.29, 1.82) is 0 Å². The van der Waals surface area contributed by atoms with E-state index >= 15 is 0 Å². The Morgan fingerprint density at radius 2 is 1.67 bits per heavy atom. The lowest BCUT2D eigenvalue weighted by atomic mass is 9.82. The highest BCUT2D eigenvalue weighted by molar-refractivity contribution is 4.90. The summed E-state index contributed by atoms with van der Waals surface area (Å²) < 4.78 is 0. The SMILES string of the molecule is CCCN(CCN(C)C)C(CO)C(N)C(C)(C)C. The maximum absolute atomic E-state index is 9.69. The van der Waals surface area contributed by atoms with Crippen LogP contribution in [0.3, 0.4) is 0 Å². The fourth-order valence-corrected chi connectivity index (χ4v) is 2.09. The van der Waals surface area contributed by atoms with E-state index in [1.807, 2.05) is 0 Å². The molecular weight excluding hydrogens is 226 g/mol. The Bertz CT molecular complexity index is 214. The summed E-state index contributed by atoms with van der Waals surface area (Å²) in [5.74, 6) is 0. The predicted molar refractivity (Wildman–Crippen MR) is 78.7 cm³/mol. The summed E-state index contributed by atoms with van der Waals surface area (Å²) >= 11 is 0. The normalized spacial score (nSPS) is 16.3. The fraction of sp³-hybridized carbons (Fsp3) is 1.00. The smallest absolute Gasteiger partial charge is 0.0602 e. The van der Waals surface area contributed by atoms with Gasteiger partial charge in [0.2, 0.25) is 0 Å². The van der Waals surface area contributed by atoms with Crippen molar-refractivity contribution in [2.45, 2.75) is 46.2 Å². The average molecular weight is 259 g/mol. The van der Waals surface area contributed by atoms with Crippen molar-refractivity contribution in [1.82, 2.24) is 9.80 Å². The van der Waals surface area contributed by atoms with Crippen LogP contribution in [-0.4, -0.2) is 67.3 Å². The molecule has 0 aliphatic rings. The van der Waals surface area contributed by atoms with Crippen LogP contribution >= 0.6 is 0 Å². The van der Waals surface area contributed by atoms with Crippen LogP contribution in [0.25, 0.3) is 0 Å². The van der Waals surface area contributed by atoms with Gasteiger partial charge in [0.15, 0.2) is 0 Å². The molecule has 4 heteroatoms. The van der Waals surface area contributed by atoms with Crippen molar-refractivity contribution in [3.8, 4) is 0 Å². The molecule has 4 nitrogen and oxygen atoms in total. The first-order chi connectivity index (χ1) is 8.23. The molecule has 0 amide bonds. The van der Waals surface area contributed by atoms with Gasteiger partial charge >= 0.3 is 0 Å². The molecule has 2 unspecified atom stereocenters. The van der Waals surface area contributed by atoms with Gasteiger partial charge in [-0.3, -0.25) is 4.90 Å². The van der Waals surface area contributed by atoms with Gasteiger partial charge in [-0.05, 0) is 32.5 Å². The number of nitrogens with zero attached hydrogens (tertiary/aromatic N) is 2. The molecular formula is C14H33N3O. The zero-order chi connectivity index (χ0) is 14.3. The highest BCUT2D eigenvalue weighted by atomic mass is 16.3. The first-order valence-corrected chi connectivity index (χ1v) is 6.99. The fourth-order valence-electron chi connectivity index (χ4n) is 2.09. The van der Waals surface area contributed by atoms with E-state index in [0.29, 0.717) is 0 Å². The van der Waals surface area contributed by atoms with Crippen LogP contribution in [0.15, 0.2) is 0 Å². The Hall–Kier alpha value is -0.160. The van der Waals surface area contributed by atoms with Gasteiger partial charge in [0.1, 0.15) is 0 Å². The second-order valence-corrected chi connectivity index (χ2v) is 6.48. The largest absolute Gasteiger partial charge is 0.395 e. The minimum absolute atomic E-state index is 0.0114. The maximum atomic E-state index is 9.69. The number of hydrogen-bond donors (Lipinski definition) is 2. The summed E-state index contributed by atoms with van der Waals surface area (Å²) in [6, 6.07) is 0.0288. The lowest BCUT2D eigenvalue weighted by molar-refractivity contribution is 0.0661. The molecule has 0 rings (SSSR count). The van der Waals surface area contributed by atoms with Crippen LogP contribution in [0.1, 0.15) is 34.1 Å². The van der Waals surface area contributed by atoms with E-state index in [9.17, 15) is 5.11 Å².